The summed E-state index contributed by atoms with van der Waals surface area (Å²) >= 11 is 0. The molecule has 0 aliphatic carbocycles. The first kappa shape index (κ1) is 16.4. The average Bonchev–Trinajstić information content (AvgIpc) is 2.62. The van der Waals surface area contributed by atoms with Crippen LogP contribution in [0.1, 0.15) is 40.9 Å². The van der Waals surface area contributed by atoms with Crippen LogP contribution in [-0.2, 0) is 13.1 Å². The number of amides is 1. The second kappa shape index (κ2) is 7.88. The maximum Gasteiger partial charge on any atom is 0.273 e. The molecule has 1 aromatic carbocycles. The Bertz CT molecular complexity index is 680. The van der Waals surface area contributed by atoms with E-state index >= 15 is 0 Å². The molecule has 0 spiro atoms. The molecule has 1 aromatic heterocycles. The third-order valence-electron chi connectivity index (χ3n) is 4.27. The first-order valence-electron chi connectivity index (χ1n) is 8.37. The maximum absolute atomic E-state index is 12.1. The topological polar surface area (TPSA) is 84.1 Å². The first-order valence-corrected chi connectivity index (χ1v) is 8.37. The van der Waals surface area contributed by atoms with Gasteiger partial charge in [0.2, 0.25) is 0 Å². The highest BCUT2D eigenvalue weighted by atomic mass is 16.1. The summed E-state index contributed by atoms with van der Waals surface area (Å²) in [4.78, 5) is 22.4. The van der Waals surface area contributed by atoms with E-state index in [2.05, 4.69) is 44.5 Å². The van der Waals surface area contributed by atoms with Crippen molar-refractivity contribution in [1.82, 2.24) is 20.2 Å². The third kappa shape index (κ3) is 4.29. The summed E-state index contributed by atoms with van der Waals surface area (Å²) in [6.07, 6.45) is 6.88. The van der Waals surface area contributed by atoms with Gasteiger partial charge in [-0.05, 0) is 37.1 Å². The van der Waals surface area contributed by atoms with Gasteiger partial charge >= 0.3 is 0 Å². The van der Waals surface area contributed by atoms with Gasteiger partial charge in [-0.15, -0.1) is 0 Å². The molecule has 0 radical (unpaired) electrons. The number of nitrogens with one attached hydrogen (secondary N) is 1. The predicted molar refractivity (Wildman–Crippen MR) is 93.2 cm³/mol. The molecular weight excluding hydrogens is 302 g/mol. The molecule has 3 rings (SSSR count). The fourth-order valence-electron chi connectivity index (χ4n) is 2.93. The van der Waals surface area contributed by atoms with Gasteiger partial charge in [-0.25, -0.2) is 9.97 Å². The minimum atomic E-state index is -0.307. The van der Waals surface area contributed by atoms with Crippen molar-refractivity contribution in [2.45, 2.75) is 32.4 Å². The van der Waals surface area contributed by atoms with Gasteiger partial charge in [0.1, 0.15) is 0 Å². The molecule has 1 aliphatic rings. The van der Waals surface area contributed by atoms with Gasteiger partial charge in [0, 0.05) is 25.5 Å². The highest BCUT2D eigenvalue weighted by Crippen LogP contribution is 2.13. The number of nitrogen functional groups attached to an aromatic ring is 1. The molecule has 6 heteroatoms. The zero-order valence-corrected chi connectivity index (χ0v) is 13.7. The number of anilines is 1. The Morgan fingerprint density at radius 3 is 2.42 bits per heavy atom. The Balaban J connectivity index is 1.52. The van der Waals surface area contributed by atoms with Crippen LogP contribution in [-0.4, -0.2) is 33.9 Å². The van der Waals surface area contributed by atoms with Crippen molar-refractivity contribution in [2.24, 2.45) is 0 Å². The number of nitrogens with two attached hydrogens (primary N) is 1. The molecule has 1 amide bonds. The summed E-state index contributed by atoms with van der Waals surface area (Å²) < 4.78 is 0. The molecule has 0 unspecified atom stereocenters. The van der Waals surface area contributed by atoms with E-state index in [9.17, 15) is 4.79 Å². The van der Waals surface area contributed by atoms with Gasteiger partial charge in [0.15, 0.2) is 11.5 Å². The van der Waals surface area contributed by atoms with Gasteiger partial charge in [-0.1, -0.05) is 30.7 Å². The van der Waals surface area contributed by atoms with E-state index in [-0.39, 0.29) is 17.4 Å². The van der Waals surface area contributed by atoms with E-state index in [1.54, 1.807) is 0 Å². The number of nitrogens with zero attached hydrogens (tertiary/aromatic N) is 3. The minimum Gasteiger partial charge on any atom is -0.382 e. The summed E-state index contributed by atoms with van der Waals surface area (Å²) in [6.45, 7) is 3.83. The molecule has 1 aliphatic heterocycles. The van der Waals surface area contributed by atoms with Crippen LogP contribution in [0.3, 0.4) is 0 Å². The van der Waals surface area contributed by atoms with Crippen LogP contribution in [0.2, 0.25) is 0 Å². The van der Waals surface area contributed by atoms with Crippen molar-refractivity contribution in [3.05, 3.63) is 53.5 Å². The van der Waals surface area contributed by atoms with Gasteiger partial charge < -0.3 is 11.1 Å². The fourth-order valence-corrected chi connectivity index (χ4v) is 2.93. The van der Waals surface area contributed by atoms with E-state index in [0.717, 1.165) is 12.1 Å². The van der Waals surface area contributed by atoms with Crippen LogP contribution >= 0.6 is 0 Å². The monoisotopic (exact) mass is 325 g/mol. The lowest BCUT2D eigenvalue weighted by Gasteiger charge is -2.26. The second-order valence-electron chi connectivity index (χ2n) is 6.13. The summed E-state index contributed by atoms with van der Waals surface area (Å²) in [5.74, 6) is -0.162. The molecule has 1 fully saturated rings. The number of carbonyl (C=O) groups is 1. The Labute approximate surface area is 142 Å². The van der Waals surface area contributed by atoms with Crippen LogP contribution in [0.25, 0.3) is 0 Å². The van der Waals surface area contributed by atoms with Gasteiger partial charge in [-0.3, -0.25) is 9.69 Å². The standard InChI is InChI=1S/C18H23N5O/c19-17-16(20-8-9-21-17)18(24)22-12-14-4-6-15(7-5-14)13-23-10-2-1-3-11-23/h4-9H,1-3,10-13H2,(H2,19,21)(H,22,24). The molecule has 126 valence electrons. The number of aromatic nitrogens is 2. The van der Waals surface area contributed by atoms with Gasteiger partial charge in [-0.2, -0.15) is 0 Å². The summed E-state index contributed by atoms with van der Waals surface area (Å²) in [5.41, 5.74) is 8.19. The van der Waals surface area contributed by atoms with Crippen LogP contribution < -0.4 is 11.1 Å². The first-order chi connectivity index (χ1) is 11.7. The van der Waals surface area contributed by atoms with Gasteiger partial charge in [0.05, 0.1) is 0 Å². The highest BCUT2D eigenvalue weighted by molar-refractivity contribution is 5.96. The summed E-state index contributed by atoms with van der Waals surface area (Å²) in [7, 11) is 0. The Hall–Kier alpha value is -2.47. The number of rotatable bonds is 5. The molecule has 2 aromatic rings. The molecule has 3 N–H and O–H groups in total. The van der Waals surface area contributed by atoms with Crippen LogP contribution in [0.15, 0.2) is 36.7 Å². The van der Waals surface area contributed by atoms with Crippen molar-refractivity contribution < 1.29 is 4.79 Å². The third-order valence-corrected chi connectivity index (χ3v) is 4.27. The number of carbonyl (C=O) groups excluding carboxylic acids is 1. The molecule has 1 saturated heterocycles. The summed E-state index contributed by atoms with van der Waals surface area (Å²) in [5, 5.41) is 2.83. The number of likely N-dealkylation sites (tertiary alicyclic amines) is 1. The lowest BCUT2D eigenvalue weighted by Crippen LogP contribution is -2.29. The van der Waals surface area contributed by atoms with Gasteiger partial charge in [0.25, 0.3) is 5.91 Å². The average molecular weight is 325 g/mol. The zero-order valence-electron chi connectivity index (χ0n) is 13.7. The molecule has 24 heavy (non-hydrogen) atoms. The fraction of sp³-hybridized carbons (Fsp3) is 0.389. The largest absolute Gasteiger partial charge is 0.382 e. The Morgan fingerprint density at radius 1 is 1.04 bits per heavy atom. The van der Waals surface area contributed by atoms with Crippen molar-refractivity contribution in [3.8, 4) is 0 Å². The summed E-state index contributed by atoms with van der Waals surface area (Å²) in [6, 6.07) is 8.37. The van der Waals surface area contributed by atoms with E-state index in [0.29, 0.717) is 6.54 Å². The maximum atomic E-state index is 12.1. The lowest BCUT2D eigenvalue weighted by atomic mass is 10.1. The number of benzene rings is 1. The predicted octanol–water partition coefficient (Wildman–Crippen LogP) is 1.97. The molecule has 0 bridgehead atoms. The van der Waals surface area contributed by atoms with E-state index in [1.165, 1.54) is 50.3 Å². The van der Waals surface area contributed by atoms with Crippen LogP contribution in [0, 0.1) is 0 Å². The van der Waals surface area contributed by atoms with Crippen molar-refractivity contribution in [2.75, 3.05) is 18.8 Å². The molecule has 0 saturated carbocycles. The number of hydrogen-bond donors (Lipinski definition) is 2. The quantitative estimate of drug-likeness (QED) is 0.878. The Kier molecular flexibility index (Phi) is 5.38. The normalized spacial score (nSPS) is 15.2. The van der Waals surface area contributed by atoms with E-state index < -0.39 is 0 Å². The van der Waals surface area contributed by atoms with Crippen molar-refractivity contribution in [3.63, 3.8) is 0 Å². The van der Waals surface area contributed by atoms with E-state index in [4.69, 9.17) is 5.73 Å². The van der Waals surface area contributed by atoms with Crippen LogP contribution in [0.4, 0.5) is 5.82 Å². The van der Waals surface area contributed by atoms with Crippen molar-refractivity contribution in [1.29, 1.82) is 0 Å². The number of piperidine rings is 1. The lowest BCUT2D eigenvalue weighted by molar-refractivity contribution is 0.0946. The second-order valence-corrected chi connectivity index (χ2v) is 6.13. The zero-order chi connectivity index (χ0) is 16.8. The Morgan fingerprint density at radius 2 is 1.71 bits per heavy atom. The molecule has 0 atom stereocenters. The van der Waals surface area contributed by atoms with E-state index in [1.807, 2.05) is 0 Å². The molecule has 2 heterocycles. The van der Waals surface area contributed by atoms with Crippen LogP contribution in [0.5, 0.6) is 0 Å². The smallest absolute Gasteiger partial charge is 0.273 e. The number of hydrogen-bond acceptors (Lipinski definition) is 5. The highest BCUT2D eigenvalue weighted by Gasteiger charge is 2.12. The van der Waals surface area contributed by atoms with Crippen molar-refractivity contribution >= 4 is 11.7 Å². The minimum absolute atomic E-state index is 0.145. The SMILES string of the molecule is Nc1nccnc1C(=O)NCc1ccc(CN2CCCCC2)cc1. The molecule has 6 nitrogen and oxygen atoms in total. The molecular formula is C18H23N5O.